The molecule has 0 saturated heterocycles. The van der Waals surface area contributed by atoms with Crippen molar-refractivity contribution < 1.29 is 4.79 Å². The fourth-order valence-corrected chi connectivity index (χ4v) is 2.61. The van der Waals surface area contributed by atoms with Gasteiger partial charge < -0.3 is 5.32 Å². The van der Waals surface area contributed by atoms with Crippen molar-refractivity contribution in [1.82, 2.24) is 19.6 Å². The molecule has 8 heteroatoms. The molecule has 2 heterocycles. The minimum Gasteiger partial charge on any atom is -0.323 e. The van der Waals surface area contributed by atoms with Crippen molar-refractivity contribution >= 4 is 34.8 Å². The molecule has 0 bridgehead atoms. The number of carbonyl (C=O) groups is 1. The molecule has 0 atom stereocenters. The fraction of sp³-hybridized carbons (Fsp3) is 0.188. The first-order valence-electron chi connectivity index (χ1n) is 7.33. The molecule has 0 fully saturated rings. The highest BCUT2D eigenvalue weighted by Crippen LogP contribution is 2.13. The van der Waals surface area contributed by atoms with Gasteiger partial charge in [0.15, 0.2) is 0 Å². The van der Waals surface area contributed by atoms with Gasteiger partial charge in [-0.1, -0.05) is 35.3 Å². The number of hydrogen-bond acceptors (Lipinski definition) is 3. The highest BCUT2D eigenvalue weighted by atomic mass is 35.5. The Bertz CT molecular complexity index is 842. The minimum atomic E-state index is -0.107. The molecular weight excluding hydrogens is 349 g/mol. The summed E-state index contributed by atoms with van der Waals surface area (Å²) in [6, 6.07) is 7.58. The molecule has 2 aromatic heterocycles. The lowest BCUT2D eigenvalue weighted by Gasteiger charge is -2.03. The van der Waals surface area contributed by atoms with Gasteiger partial charge in [-0.25, -0.2) is 0 Å². The third kappa shape index (κ3) is 4.59. The average Bonchev–Trinajstić information content (AvgIpc) is 3.14. The van der Waals surface area contributed by atoms with Crippen molar-refractivity contribution in [3.63, 3.8) is 0 Å². The summed E-state index contributed by atoms with van der Waals surface area (Å²) >= 11 is 11.8. The number of amides is 1. The van der Waals surface area contributed by atoms with Gasteiger partial charge in [0.25, 0.3) is 0 Å². The third-order valence-corrected chi connectivity index (χ3v) is 3.75. The molecule has 3 aromatic rings. The van der Waals surface area contributed by atoms with Crippen LogP contribution in [0.2, 0.25) is 10.0 Å². The fourth-order valence-electron chi connectivity index (χ4n) is 2.24. The number of anilines is 1. The zero-order chi connectivity index (χ0) is 16.9. The first-order valence-corrected chi connectivity index (χ1v) is 8.09. The van der Waals surface area contributed by atoms with Crippen molar-refractivity contribution in [3.8, 4) is 0 Å². The van der Waals surface area contributed by atoms with E-state index >= 15 is 0 Å². The van der Waals surface area contributed by atoms with Gasteiger partial charge in [0.05, 0.1) is 29.6 Å². The van der Waals surface area contributed by atoms with E-state index in [1.54, 1.807) is 34.2 Å². The number of carbonyl (C=O) groups excluding carboxylic acids is 1. The number of aryl methyl sites for hydroxylation is 1. The molecule has 0 saturated carbocycles. The summed E-state index contributed by atoms with van der Waals surface area (Å²) in [7, 11) is 0. The topological polar surface area (TPSA) is 64.7 Å². The highest BCUT2D eigenvalue weighted by molar-refractivity contribution is 6.30. The maximum Gasteiger partial charge on any atom is 0.226 e. The molecule has 0 spiro atoms. The van der Waals surface area contributed by atoms with Crippen LogP contribution in [0.4, 0.5) is 5.69 Å². The summed E-state index contributed by atoms with van der Waals surface area (Å²) in [4.78, 5) is 12.0. The number of aromatic nitrogens is 4. The molecule has 3 rings (SSSR count). The largest absolute Gasteiger partial charge is 0.323 e. The quantitative estimate of drug-likeness (QED) is 0.729. The van der Waals surface area contributed by atoms with Crippen molar-refractivity contribution in [2.24, 2.45) is 0 Å². The van der Waals surface area contributed by atoms with Gasteiger partial charge in [0, 0.05) is 30.4 Å². The lowest BCUT2D eigenvalue weighted by Crippen LogP contribution is -2.14. The summed E-state index contributed by atoms with van der Waals surface area (Å²) < 4.78 is 3.37. The maximum atomic E-state index is 12.0. The molecule has 0 aliphatic heterocycles. The Labute approximate surface area is 149 Å². The van der Waals surface area contributed by atoms with E-state index in [-0.39, 0.29) is 5.91 Å². The van der Waals surface area contributed by atoms with E-state index in [4.69, 9.17) is 23.2 Å². The van der Waals surface area contributed by atoms with Crippen molar-refractivity contribution in [2.75, 3.05) is 5.32 Å². The van der Waals surface area contributed by atoms with Crippen molar-refractivity contribution in [1.29, 1.82) is 0 Å². The molecule has 6 nitrogen and oxygen atoms in total. The maximum absolute atomic E-state index is 12.0. The summed E-state index contributed by atoms with van der Waals surface area (Å²) in [5.74, 6) is -0.107. The Balaban J connectivity index is 1.52. The van der Waals surface area contributed by atoms with Gasteiger partial charge in [0.2, 0.25) is 5.91 Å². The number of halogens is 2. The zero-order valence-corrected chi connectivity index (χ0v) is 14.2. The Morgan fingerprint density at radius 2 is 1.92 bits per heavy atom. The van der Waals surface area contributed by atoms with Gasteiger partial charge in [-0.3, -0.25) is 14.2 Å². The number of nitrogens with zero attached hydrogens (tertiary/aromatic N) is 4. The lowest BCUT2D eigenvalue weighted by atomic mass is 10.2. The average molecular weight is 364 g/mol. The van der Waals surface area contributed by atoms with Crippen molar-refractivity contribution in [3.05, 3.63) is 64.7 Å². The predicted molar refractivity (Wildman–Crippen MR) is 93.3 cm³/mol. The van der Waals surface area contributed by atoms with Crippen LogP contribution in [-0.4, -0.2) is 25.5 Å². The Morgan fingerprint density at radius 1 is 1.08 bits per heavy atom. The molecule has 1 aromatic carbocycles. The molecule has 0 aliphatic carbocycles. The first kappa shape index (κ1) is 16.5. The van der Waals surface area contributed by atoms with E-state index < -0.39 is 0 Å². The molecule has 1 N–H and O–H groups in total. The zero-order valence-electron chi connectivity index (χ0n) is 12.7. The number of benzene rings is 1. The smallest absolute Gasteiger partial charge is 0.226 e. The summed E-state index contributed by atoms with van der Waals surface area (Å²) in [5.41, 5.74) is 1.69. The van der Waals surface area contributed by atoms with Crippen LogP contribution in [0.1, 0.15) is 12.0 Å². The van der Waals surface area contributed by atoms with Crippen LogP contribution in [0.5, 0.6) is 0 Å². The normalized spacial score (nSPS) is 10.8. The second kappa shape index (κ2) is 7.51. The lowest BCUT2D eigenvalue weighted by molar-refractivity contribution is -0.116. The molecule has 0 aliphatic rings. The molecule has 1 amide bonds. The van der Waals surface area contributed by atoms with E-state index in [0.29, 0.717) is 35.2 Å². The van der Waals surface area contributed by atoms with Gasteiger partial charge in [-0.2, -0.15) is 10.2 Å². The van der Waals surface area contributed by atoms with Gasteiger partial charge in [-0.15, -0.1) is 0 Å². The number of rotatable bonds is 6. The number of hydrogen-bond donors (Lipinski definition) is 1. The molecular formula is C16H15Cl2N5O. The minimum absolute atomic E-state index is 0.107. The molecule has 24 heavy (non-hydrogen) atoms. The SMILES string of the molecule is O=C(CCn1cc(Cl)cn1)Nc1cnn(Cc2cccc(Cl)c2)c1. The van der Waals surface area contributed by atoms with Crippen molar-refractivity contribution in [2.45, 2.75) is 19.5 Å². The summed E-state index contributed by atoms with van der Waals surface area (Å²) in [6.07, 6.45) is 6.92. The van der Waals surface area contributed by atoms with Crippen LogP contribution in [0.3, 0.4) is 0 Å². The van der Waals surface area contributed by atoms with Crippen LogP contribution >= 0.6 is 23.2 Å². The molecule has 0 radical (unpaired) electrons. The third-order valence-electron chi connectivity index (χ3n) is 3.32. The second-order valence-corrected chi connectivity index (χ2v) is 6.15. The van der Waals surface area contributed by atoms with E-state index in [1.165, 1.54) is 0 Å². The summed E-state index contributed by atoms with van der Waals surface area (Å²) in [5, 5.41) is 12.3. The first-order chi connectivity index (χ1) is 11.6. The van der Waals surface area contributed by atoms with Gasteiger partial charge in [-0.05, 0) is 17.7 Å². The van der Waals surface area contributed by atoms with Crippen LogP contribution in [-0.2, 0) is 17.9 Å². The molecule has 124 valence electrons. The standard InChI is InChI=1S/C16H15Cl2N5O/c17-13-3-1-2-12(6-13)9-23-11-15(8-20-23)21-16(24)4-5-22-10-14(18)7-19-22/h1-3,6-8,10-11H,4-5,9H2,(H,21,24). The highest BCUT2D eigenvalue weighted by Gasteiger charge is 2.06. The Kier molecular flexibility index (Phi) is 5.17. The number of nitrogens with one attached hydrogen (secondary N) is 1. The van der Waals surface area contributed by atoms with Crippen LogP contribution in [0.15, 0.2) is 49.1 Å². The molecule has 0 unspecified atom stereocenters. The van der Waals surface area contributed by atoms with Crippen LogP contribution in [0, 0.1) is 0 Å². The monoisotopic (exact) mass is 363 g/mol. The van der Waals surface area contributed by atoms with E-state index in [9.17, 15) is 4.79 Å². The summed E-state index contributed by atoms with van der Waals surface area (Å²) in [6.45, 7) is 1.05. The van der Waals surface area contributed by atoms with Gasteiger partial charge >= 0.3 is 0 Å². The van der Waals surface area contributed by atoms with E-state index in [0.717, 1.165) is 5.56 Å². The van der Waals surface area contributed by atoms with Crippen LogP contribution < -0.4 is 5.32 Å². The Morgan fingerprint density at radius 3 is 2.67 bits per heavy atom. The van der Waals surface area contributed by atoms with E-state index in [1.807, 2.05) is 24.3 Å². The van der Waals surface area contributed by atoms with Gasteiger partial charge in [0.1, 0.15) is 0 Å². The predicted octanol–water partition coefficient (Wildman–Crippen LogP) is 3.46. The second-order valence-electron chi connectivity index (χ2n) is 5.28. The van der Waals surface area contributed by atoms with Crippen LogP contribution in [0.25, 0.3) is 0 Å². The van der Waals surface area contributed by atoms with E-state index in [2.05, 4.69) is 15.5 Å². The Hall–Kier alpha value is -2.31.